The molecule has 0 radical (unpaired) electrons. The first kappa shape index (κ1) is 10.4. The number of hydrogen-bond donors (Lipinski definition) is 1. The molecule has 1 atom stereocenters. The lowest BCUT2D eigenvalue weighted by Gasteiger charge is -2.23. The van der Waals surface area contributed by atoms with Gasteiger partial charge in [0, 0.05) is 24.3 Å². The molecule has 0 saturated heterocycles. The average Bonchev–Trinajstić information content (AvgIpc) is 2.41. The Morgan fingerprint density at radius 1 is 1.40 bits per heavy atom. The van der Waals surface area contributed by atoms with E-state index in [1.54, 1.807) is 0 Å². The summed E-state index contributed by atoms with van der Waals surface area (Å²) in [4.78, 5) is 2.02. The van der Waals surface area contributed by atoms with Crippen LogP contribution >= 0.6 is 0 Å². The molecule has 0 saturated carbocycles. The predicted octanol–water partition coefficient (Wildman–Crippen LogP) is 2.29. The van der Waals surface area contributed by atoms with Gasteiger partial charge in [-0.1, -0.05) is 18.2 Å². The van der Waals surface area contributed by atoms with Crippen molar-refractivity contribution in [2.45, 2.75) is 18.9 Å². The number of para-hydroxylation sites is 1. The van der Waals surface area contributed by atoms with Gasteiger partial charge >= 0.3 is 0 Å². The fourth-order valence-corrected chi connectivity index (χ4v) is 2.14. The van der Waals surface area contributed by atoms with Gasteiger partial charge in [-0.15, -0.1) is 0 Å². The molecule has 0 fully saturated rings. The molecule has 1 heterocycles. The minimum absolute atomic E-state index is 0.343. The van der Waals surface area contributed by atoms with Gasteiger partial charge in [0.15, 0.2) is 0 Å². The molecule has 1 aromatic carbocycles. The molecule has 3 heteroatoms. The molecular formula is C12H16FNO. The minimum Gasteiger partial charge on any atom is -0.388 e. The van der Waals surface area contributed by atoms with Crippen LogP contribution in [0.5, 0.6) is 0 Å². The largest absolute Gasteiger partial charge is 0.388 e. The Morgan fingerprint density at radius 3 is 3.00 bits per heavy atom. The number of aliphatic hydroxyl groups is 1. The molecule has 82 valence electrons. The van der Waals surface area contributed by atoms with Crippen LogP contribution in [0, 0.1) is 0 Å². The van der Waals surface area contributed by atoms with Crippen LogP contribution in [0.1, 0.15) is 24.5 Å². The molecule has 0 aromatic heterocycles. The SMILES string of the molecule is OC1CCCN(CCF)c2ccccc21. The van der Waals surface area contributed by atoms with Gasteiger partial charge in [-0.2, -0.15) is 0 Å². The van der Waals surface area contributed by atoms with E-state index < -0.39 is 6.10 Å². The Hall–Kier alpha value is -1.09. The maximum atomic E-state index is 12.4. The number of benzene rings is 1. The second kappa shape index (κ2) is 4.62. The van der Waals surface area contributed by atoms with Gasteiger partial charge in [0.25, 0.3) is 0 Å². The number of hydrogen-bond acceptors (Lipinski definition) is 2. The average molecular weight is 209 g/mol. The van der Waals surface area contributed by atoms with Gasteiger partial charge < -0.3 is 10.0 Å². The van der Waals surface area contributed by atoms with Crippen LogP contribution < -0.4 is 4.90 Å². The molecular weight excluding hydrogens is 193 g/mol. The first-order chi connectivity index (χ1) is 7.33. The molecule has 1 aliphatic rings. The molecule has 0 aliphatic carbocycles. The van der Waals surface area contributed by atoms with Crippen molar-refractivity contribution in [1.82, 2.24) is 0 Å². The van der Waals surface area contributed by atoms with E-state index in [0.717, 1.165) is 30.6 Å². The van der Waals surface area contributed by atoms with E-state index in [2.05, 4.69) is 0 Å². The third kappa shape index (κ3) is 2.12. The summed E-state index contributed by atoms with van der Waals surface area (Å²) >= 11 is 0. The maximum absolute atomic E-state index is 12.4. The normalized spacial score (nSPS) is 20.9. The number of fused-ring (bicyclic) bond motifs is 1. The Bertz CT molecular complexity index is 329. The van der Waals surface area contributed by atoms with Gasteiger partial charge in [-0.3, -0.25) is 0 Å². The number of anilines is 1. The van der Waals surface area contributed by atoms with Gasteiger partial charge in [-0.05, 0) is 18.9 Å². The number of halogens is 1. The van der Waals surface area contributed by atoms with Crippen molar-refractivity contribution in [3.63, 3.8) is 0 Å². The highest BCUT2D eigenvalue weighted by Crippen LogP contribution is 2.32. The maximum Gasteiger partial charge on any atom is 0.107 e. The molecule has 0 spiro atoms. The fourth-order valence-electron chi connectivity index (χ4n) is 2.14. The van der Waals surface area contributed by atoms with E-state index in [0.29, 0.717) is 6.54 Å². The fraction of sp³-hybridized carbons (Fsp3) is 0.500. The molecule has 15 heavy (non-hydrogen) atoms. The topological polar surface area (TPSA) is 23.5 Å². The molecule has 1 aliphatic heterocycles. The van der Waals surface area contributed by atoms with E-state index in [1.165, 1.54) is 0 Å². The predicted molar refractivity (Wildman–Crippen MR) is 58.8 cm³/mol. The summed E-state index contributed by atoms with van der Waals surface area (Å²) in [5.74, 6) is 0. The zero-order valence-corrected chi connectivity index (χ0v) is 8.69. The van der Waals surface area contributed by atoms with Crippen LogP contribution in [0.25, 0.3) is 0 Å². The third-order valence-electron chi connectivity index (χ3n) is 2.90. The van der Waals surface area contributed by atoms with E-state index in [1.807, 2.05) is 29.2 Å². The summed E-state index contributed by atoms with van der Waals surface area (Å²) in [7, 11) is 0. The van der Waals surface area contributed by atoms with Crippen molar-refractivity contribution in [3.8, 4) is 0 Å². The second-order valence-electron chi connectivity index (χ2n) is 3.89. The smallest absolute Gasteiger partial charge is 0.107 e. The molecule has 1 N–H and O–H groups in total. The zero-order chi connectivity index (χ0) is 10.7. The Morgan fingerprint density at radius 2 is 2.20 bits per heavy atom. The van der Waals surface area contributed by atoms with Crippen molar-refractivity contribution < 1.29 is 9.50 Å². The highest BCUT2D eigenvalue weighted by atomic mass is 19.1. The van der Waals surface area contributed by atoms with Crippen molar-refractivity contribution in [1.29, 1.82) is 0 Å². The van der Waals surface area contributed by atoms with Crippen molar-refractivity contribution >= 4 is 5.69 Å². The zero-order valence-electron chi connectivity index (χ0n) is 8.69. The summed E-state index contributed by atoms with van der Waals surface area (Å²) in [5.41, 5.74) is 1.92. The standard InChI is InChI=1S/C12H16FNO/c13-7-9-14-8-3-6-12(15)10-4-1-2-5-11(10)14/h1-2,4-5,12,15H,3,6-9H2. The second-order valence-corrected chi connectivity index (χ2v) is 3.89. The van der Waals surface area contributed by atoms with Gasteiger partial charge in [0.05, 0.1) is 6.10 Å². The summed E-state index contributed by atoms with van der Waals surface area (Å²) in [6, 6.07) is 7.74. The van der Waals surface area contributed by atoms with E-state index in [4.69, 9.17) is 0 Å². The van der Waals surface area contributed by atoms with Crippen LogP contribution in [-0.2, 0) is 0 Å². The molecule has 2 rings (SSSR count). The lowest BCUT2D eigenvalue weighted by molar-refractivity contribution is 0.168. The van der Waals surface area contributed by atoms with Crippen molar-refractivity contribution in [3.05, 3.63) is 29.8 Å². The first-order valence-electron chi connectivity index (χ1n) is 5.41. The van der Waals surface area contributed by atoms with Crippen LogP contribution in [-0.4, -0.2) is 24.9 Å². The lowest BCUT2D eigenvalue weighted by Crippen LogP contribution is -2.26. The van der Waals surface area contributed by atoms with Crippen molar-refractivity contribution in [2.75, 3.05) is 24.7 Å². The van der Waals surface area contributed by atoms with Gasteiger partial charge in [0.2, 0.25) is 0 Å². The quantitative estimate of drug-likeness (QED) is 0.807. The summed E-state index contributed by atoms with van der Waals surface area (Å²) < 4.78 is 12.4. The molecule has 0 amide bonds. The van der Waals surface area contributed by atoms with Crippen LogP contribution in [0.15, 0.2) is 24.3 Å². The van der Waals surface area contributed by atoms with Gasteiger partial charge in [-0.25, -0.2) is 4.39 Å². The summed E-state index contributed by atoms with van der Waals surface area (Å²) in [6.07, 6.45) is 1.28. The third-order valence-corrected chi connectivity index (χ3v) is 2.90. The molecule has 2 nitrogen and oxygen atoms in total. The molecule has 0 bridgehead atoms. The summed E-state index contributed by atoms with van der Waals surface area (Å²) in [5, 5.41) is 9.91. The number of aliphatic hydroxyl groups excluding tert-OH is 1. The number of nitrogens with zero attached hydrogens (tertiary/aromatic N) is 1. The highest BCUT2D eigenvalue weighted by molar-refractivity contribution is 5.55. The van der Waals surface area contributed by atoms with E-state index >= 15 is 0 Å². The number of rotatable bonds is 2. The first-order valence-corrected chi connectivity index (χ1v) is 5.41. The molecule has 1 aromatic rings. The van der Waals surface area contributed by atoms with E-state index in [9.17, 15) is 9.50 Å². The van der Waals surface area contributed by atoms with E-state index in [-0.39, 0.29) is 6.67 Å². The summed E-state index contributed by atoms with van der Waals surface area (Å²) in [6.45, 7) is 0.909. The Kier molecular flexibility index (Phi) is 3.21. The lowest BCUT2D eigenvalue weighted by atomic mass is 10.0. The monoisotopic (exact) mass is 209 g/mol. The Labute approximate surface area is 89.3 Å². The number of alkyl halides is 1. The van der Waals surface area contributed by atoms with Crippen LogP contribution in [0.2, 0.25) is 0 Å². The van der Waals surface area contributed by atoms with Crippen LogP contribution in [0.3, 0.4) is 0 Å². The van der Waals surface area contributed by atoms with Crippen LogP contribution in [0.4, 0.5) is 10.1 Å². The Balaban J connectivity index is 2.34. The highest BCUT2D eigenvalue weighted by Gasteiger charge is 2.20. The molecule has 1 unspecified atom stereocenters. The van der Waals surface area contributed by atoms with Gasteiger partial charge in [0.1, 0.15) is 6.67 Å². The van der Waals surface area contributed by atoms with Crippen molar-refractivity contribution in [2.24, 2.45) is 0 Å². The minimum atomic E-state index is -0.397.